The molecule has 19 heavy (non-hydrogen) atoms. The molecule has 3 N–H and O–H groups in total. The highest BCUT2D eigenvalue weighted by Gasteiger charge is 2.33. The van der Waals surface area contributed by atoms with Gasteiger partial charge in [0.25, 0.3) is 5.91 Å². The zero-order valence-corrected chi connectivity index (χ0v) is 11.5. The van der Waals surface area contributed by atoms with E-state index in [2.05, 4.69) is 17.1 Å². The summed E-state index contributed by atoms with van der Waals surface area (Å²) >= 11 is 0. The fraction of sp³-hybridized carbons (Fsp3) is 0.714. The molecule has 2 aliphatic rings. The van der Waals surface area contributed by atoms with Gasteiger partial charge in [0.1, 0.15) is 0 Å². The Morgan fingerprint density at radius 1 is 1.47 bits per heavy atom. The van der Waals surface area contributed by atoms with E-state index in [1.807, 2.05) is 4.90 Å². The highest BCUT2D eigenvalue weighted by atomic mass is 16.2. The van der Waals surface area contributed by atoms with Crippen LogP contribution in [-0.4, -0.2) is 34.1 Å². The van der Waals surface area contributed by atoms with Gasteiger partial charge in [-0.15, -0.1) is 0 Å². The number of aromatic amines is 1. The molecule has 1 saturated heterocycles. The Hall–Kier alpha value is -1.52. The predicted molar refractivity (Wildman–Crippen MR) is 73.9 cm³/mol. The maximum atomic E-state index is 12.4. The van der Waals surface area contributed by atoms with Gasteiger partial charge in [-0.3, -0.25) is 9.89 Å². The largest absolute Gasteiger partial charge is 0.395 e. The minimum Gasteiger partial charge on any atom is -0.395 e. The lowest BCUT2D eigenvalue weighted by Crippen LogP contribution is -2.29. The van der Waals surface area contributed by atoms with E-state index in [-0.39, 0.29) is 5.91 Å². The molecule has 0 spiro atoms. The second kappa shape index (κ2) is 4.87. The molecule has 5 nitrogen and oxygen atoms in total. The number of nitrogens with zero attached hydrogens (tertiary/aromatic N) is 2. The van der Waals surface area contributed by atoms with E-state index >= 15 is 0 Å². The Kier molecular flexibility index (Phi) is 3.21. The molecule has 1 aliphatic carbocycles. The van der Waals surface area contributed by atoms with Crippen molar-refractivity contribution in [1.29, 1.82) is 0 Å². The summed E-state index contributed by atoms with van der Waals surface area (Å²) in [6, 6.07) is 0. The van der Waals surface area contributed by atoms with Crippen LogP contribution in [0, 0.1) is 5.92 Å². The van der Waals surface area contributed by atoms with Crippen molar-refractivity contribution in [3.63, 3.8) is 0 Å². The number of nitrogens with one attached hydrogen (secondary N) is 1. The first-order valence-electron chi connectivity index (χ1n) is 7.33. The Morgan fingerprint density at radius 2 is 2.26 bits per heavy atom. The topological polar surface area (TPSA) is 75.0 Å². The summed E-state index contributed by atoms with van der Waals surface area (Å²) in [5, 5.41) is 7.11. The number of amides is 1. The fourth-order valence-electron chi connectivity index (χ4n) is 3.02. The van der Waals surface area contributed by atoms with E-state index in [0.29, 0.717) is 23.2 Å². The van der Waals surface area contributed by atoms with Crippen molar-refractivity contribution in [2.45, 2.75) is 44.9 Å². The molecule has 1 amide bonds. The first-order chi connectivity index (χ1) is 9.20. The molecule has 1 atom stereocenters. The summed E-state index contributed by atoms with van der Waals surface area (Å²) in [5.74, 6) is 1.15. The highest BCUT2D eigenvalue weighted by molar-refractivity contribution is 5.97. The highest BCUT2D eigenvalue weighted by Crippen LogP contribution is 2.42. The molecule has 1 aliphatic heterocycles. The third kappa shape index (κ3) is 2.33. The Morgan fingerprint density at radius 3 is 2.95 bits per heavy atom. The Balaban J connectivity index is 1.70. The van der Waals surface area contributed by atoms with E-state index in [4.69, 9.17) is 5.73 Å². The first kappa shape index (κ1) is 12.5. The summed E-state index contributed by atoms with van der Waals surface area (Å²) in [7, 11) is 0. The lowest BCUT2D eigenvalue weighted by molar-refractivity contribution is 0.0781. The number of carbonyl (C=O) groups excluding carboxylic acids is 1. The molecule has 0 aromatic carbocycles. The normalized spacial score (nSPS) is 23.0. The van der Waals surface area contributed by atoms with Crippen LogP contribution < -0.4 is 5.73 Å². The van der Waals surface area contributed by atoms with Gasteiger partial charge in [-0.05, 0) is 31.6 Å². The van der Waals surface area contributed by atoms with Crippen LogP contribution >= 0.6 is 0 Å². The van der Waals surface area contributed by atoms with E-state index in [9.17, 15) is 4.79 Å². The molecule has 1 aromatic heterocycles. The number of rotatable bonds is 4. The quantitative estimate of drug-likeness (QED) is 0.872. The number of nitrogens with two attached hydrogens (primary N) is 1. The van der Waals surface area contributed by atoms with Crippen LogP contribution in [-0.2, 0) is 0 Å². The number of aromatic nitrogens is 2. The summed E-state index contributed by atoms with van der Waals surface area (Å²) in [6.45, 7) is 3.89. The second-order valence-corrected chi connectivity index (χ2v) is 5.87. The van der Waals surface area contributed by atoms with Crippen molar-refractivity contribution in [2.24, 2.45) is 5.92 Å². The first-order valence-corrected chi connectivity index (χ1v) is 7.33. The zero-order valence-electron chi connectivity index (χ0n) is 11.5. The Labute approximate surface area is 113 Å². The van der Waals surface area contributed by atoms with Crippen LogP contribution in [0.3, 0.4) is 0 Å². The molecule has 1 aromatic rings. The maximum absolute atomic E-state index is 12.4. The van der Waals surface area contributed by atoms with Crippen molar-refractivity contribution in [3.8, 4) is 0 Å². The van der Waals surface area contributed by atoms with E-state index in [0.717, 1.165) is 38.0 Å². The van der Waals surface area contributed by atoms with Crippen LogP contribution in [0.25, 0.3) is 0 Å². The molecular weight excluding hydrogens is 240 g/mol. The number of likely N-dealkylation sites (tertiary alicyclic amines) is 1. The van der Waals surface area contributed by atoms with Crippen molar-refractivity contribution < 1.29 is 4.79 Å². The van der Waals surface area contributed by atoms with Crippen molar-refractivity contribution >= 4 is 11.6 Å². The lowest BCUT2D eigenvalue weighted by atomic mass is 10.0. The number of H-pyrrole nitrogens is 1. The number of carbonyl (C=O) groups is 1. The molecule has 2 heterocycles. The van der Waals surface area contributed by atoms with Gasteiger partial charge in [-0.1, -0.05) is 13.3 Å². The third-order valence-electron chi connectivity index (χ3n) is 4.29. The third-order valence-corrected chi connectivity index (χ3v) is 4.29. The molecule has 104 valence electrons. The monoisotopic (exact) mass is 262 g/mol. The van der Waals surface area contributed by atoms with E-state index < -0.39 is 0 Å². The summed E-state index contributed by atoms with van der Waals surface area (Å²) in [6.07, 6.45) is 5.81. The molecule has 1 saturated carbocycles. The second-order valence-electron chi connectivity index (χ2n) is 5.87. The van der Waals surface area contributed by atoms with Gasteiger partial charge in [0, 0.05) is 19.0 Å². The van der Waals surface area contributed by atoms with Crippen molar-refractivity contribution in [1.82, 2.24) is 15.1 Å². The van der Waals surface area contributed by atoms with Crippen LogP contribution in [0.4, 0.5) is 5.69 Å². The van der Waals surface area contributed by atoms with Gasteiger partial charge in [-0.2, -0.15) is 5.10 Å². The number of nitrogen functional groups attached to an aromatic ring is 1. The van der Waals surface area contributed by atoms with Crippen LogP contribution in [0.15, 0.2) is 0 Å². The number of anilines is 1. The molecule has 0 bridgehead atoms. The predicted octanol–water partition coefficient (Wildman–Crippen LogP) is 2.13. The summed E-state index contributed by atoms with van der Waals surface area (Å²) in [5.41, 5.74) is 8.04. The smallest absolute Gasteiger partial charge is 0.276 e. The van der Waals surface area contributed by atoms with Gasteiger partial charge in [-0.25, -0.2) is 0 Å². The number of hydrogen-bond donors (Lipinski definition) is 2. The van der Waals surface area contributed by atoms with Crippen LogP contribution in [0.1, 0.15) is 61.1 Å². The van der Waals surface area contributed by atoms with Gasteiger partial charge in [0.05, 0.1) is 11.4 Å². The van der Waals surface area contributed by atoms with Gasteiger partial charge < -0.3 is 10.6 Å². The van der Waals surface area contributed by atoms with Gasteiger partial charge >= 0.3 is 0 Å². The minimum atomic E-state index is -0.000692. The van der Waals surface area contributed by atoms with E-state index in [1.54, 1.807) is 0 Å². The Bertz CT molecular complexity index is 478. The fourth-order valence-corrected chi connectivity index (χ4v) is 3.02. The molecular formula is C14H22N4O. The van der Waals surface area contributed by atoms with E-state index in [1.165, 1.54) is 12.8 Å². The zero-order chi connectivity index (χ0) is 13.4. The molecule has 2 fully saturated rings. The minimum absolute atomic E-state index is 0.000692. The average molecular weight is 262 g/mol. The molecule has 0 radical (unpaired) electrons. The van der Waals surface area contributed by atoms with Crippen molar-refractivity contribution in [2.75, 3.05) is 18.8 Å². The SMILES string of the molecule is CCCC1CCN(C(=O)c2n[nH]c(C3CC3)c2N)C1. The summed E-state index contributed by atoms with van der Waals surface area (Å²) in [4.78, 5) is 14.3. The molecule has 3 rings (SSSR count). The van der Waals surface area contributed by atoms with Gasteiger partial charge in [0.2, 0.25) is 0 Å². The van der Waals surface area contributed by atoms with Gasteiger partial charge in [0.15, 0.2) is 5.69 Å². The number of hydrogen-bond acceptors (Lipinski definition) is 3. The molecule has 5 heteroatoms. The van der Waals surface area contributed by atoms with Crippen LogP contribution in [0.5, 0.6) is 0 Å². The van der Waals surface area contributed by atoms with Crippen LogP contribution in [0.2, 0.25) is 0 Å². The maximum Gasteiger partial charge on any atom is 0.276 e. The summed E-state index contributed by atoms with van der Waals surface area (Å²) < 4.78 is 0. The lowest BCUT2D eigenvalue weighted by Gasteiger charge is -2.15. The van der Waals surface area contributed by atoms with Crippen molar-refractivity contribution in [3.05, 3.63) is 11.4 Å². The molecule has 1 unspecified atom stereocenters. The standard InChI is InChI=1S/C14H22N4O/c1-2-3-9-6-7-18(8-9)14(19)13-11(15)12(16-17-13)10-4-5-10/h9-10H,2-8,15H2,1H3,(H,16,17). The average Bonchev–Trinajstić information content (AvgIpc) is 3.01.